The maximum absolute atomic E-state index is 9.60. The van der Waals surface area contributed by atoms with Crippen LogP contribution in [0.4, 0.5) is 0 Å². The molecule has 0 aromatic heterocycles. The molecule has 0 radical (unpaired) electrons. The Bertz CT molecular complexity index is 378. The third-order valence-corrected chi connectivity index (χ3v) is 4.18. The van der Waals surface area contributed by atoms with Crippen molar-refractivity contribution in [3.05, 3.63) is 33.8 Å². The minimum Gasteiger partial charge on any atom is -0.394 e. The molecule has 0 amide bonds. The molecular formula is C13H17Cl2NO. The molecule has 0 bridgehead atoms. The minimum absolute atomic E-state index is 0.0264. The number of hydrogen-bond donors (Lipinski definition) is 1. The summed E-state index contributed by atoms with van der Waals surface area (Å²) in [7, 11) is 0. The van der Waals surface area contributed by atoms with Gasteiger partial charge in [-0.1, -0.05) is 41.8 Å². The zero-order valence-corrected chi connectivity index (χ0v) is 11.2. The summed E-state index contributed by atoms with van der Waals surface area (Å²) in [4.78, 5) is 2.29. The van der Waals surface area contributed by atoms with E-state index in [0.29, 0.717) is 10.0 Å². The molecule has 4 heteroatoms. The predicted octanol–water partition coefficient (Wildman–Crippen LogP) is 3.51. The van der Waals surface area contributed by atoms with Crippen molar-refractivity contribution in [2.24, 2.45) is 0 Å². The van der Waals surface area contributed by atoms with Crippen molar-refractivity contribution >= 4 is 23.2 Å². The van der Waals surface area contributed by atoms with Crippen molar-refractivity contribution in [2.75, 3.05) is 19.7 Å². The first-order valence-electron chi connectivity index (χ1n) is 6.03. The van der Waals surface area contributed by atoms with Crippen LogP contribution in [0.15, 0.2) is 18.2 Å². The zero-order valence-electron chi connectivity index (χ0n) is 9.70. The third-order valence-electron chi connectivity index (χ3n) is 3.34. The number of piperidine rings is 1. The Morgan fingerprint density at radius 1 is 1.18 bits per heavy atom. The molecule has 1 atom stereocenters. The highest BCUT2D eigenvalue weighted by Crippen LogP contribution is 2.33. The van der Waals surface area contributed by atoms with Gasteiger partial charge in [-0.25, -0.2) is 0 Å². The van der Waals surface area contributed by atoms with E-state index in [0.717, 1.165) is 18.7 Å². The van der Waals surface area contributed by atoms with Gasteiger partial charge in [0.25, 0.3) is 0 Å². The molecule has 17 heavy (non-hydrogen) atoms. The van der Waals surface area contributed by atoms with Crippen LogP contribution in [-0.2, 0) is 0 Å². The van der Waals surface area contributed by atoms with Crippen LogP contribution < -0.4 is 0 Å². The van der Waals surface area contributed by atoms with Gasteiger partial charge in [0.2, 0.25) is 0 Å². The number of hydrogen-bond acceptors (Lipinski definition) is 2. The predicted molar refractivity (Wildman–Crippen MR) is 71.7 cm³/mol. The largest absolute Gasteiger partial charge is 0.394 e. The summed E-state index contributed by atoms with van der Waals surface area (Å²) in [5.41, 5.74) is 0.934. The van der Waals surface area contributed by atoms with Gasteiger partial charge >= 0.3 is 0 Å². The lowest BCUT2D eigenvalue weighted by molar-refractivity contribution is 0.104. The highest BCUT2D eigenvalue weighted by atomic mass is 35.5. The second kappa shape index (κ2) is 6.05. The average molecular weight is 274 g/mol. The van der Waals surface area contributed by atoms with E-state index in [1.54, 1.807) is 6.07 Å². The number of nitrogens with zero attached hydrogens (tertiary/aromatic N) is 1. The maximum atomic E-state index is 9.60. The molecule has 1 N–H and O–H groups in total. The summed E-state index contributed by atoms with van der Waals surface area (Å²) in [6.07, 6.45) is 3.65. The highest BCUT2D eigenvalue weighted by Gasteiger charge is 2.23. The molecule has 2 nitrogen and oxygen atoms in total. The molecule has 1 fully saturated rings. The van der Waals surface area contributed by atoms with Crippen LogP contribution in [0, 0.1) is 0 Å². The summed E-state index contributed by atoms with van der Waals surface area (Å²) in [6.45, 7) is 2.13. The lowest BCUT2D eigenvalue weighted by Gasteiger charge is -2.34. The summed E-state index contributed by atoms with van der Waals surface area (Å²) in [5, 5.41) is 10.7. The standard InChI is InChI=1S/C13H17Cl2NO/c14-11-6-4-5-10(13(11)15)12(9-17)16-7-2-1-3-8-16/h4-6,12,17H,1-3,7-9H2. The molecule has 1 saturated heterocycles. The molecule has 1 unspecified atom stereocenters. The summed E-state index contributed by atoms with van der Waals surface area (Å²) < 4.78 is 0. The molecule has 1 aliphatic rings. The molecule has 94 valence electrons. The second-order valence-electron chi connectivity index (χ2n) is 4.44. The fourth-order valence-corrected chi connectivity index (χ4v) is 2.85. The highest BCUT2D eigenvalue weighted by molar-refractivity contribution is 6.42. The Hall–Kier alpha value is -0.280. The molecule has 2 rings (SSSR count). The molecule has 1 aliphatic heterocycles. The first kappa shape index (κ1) is 13.2. The van der Waals surface area contributed by atoms with Crippen molar-refractivity contribution in [1.82, 2.24) is 4.90 Å². The van der Waals surface area contributed by atoms with Crippen LogP contribution in [0.3, 0.4) is 0 Å². The molecule has 1 heterocycles. The van der Waals surface area contributed by atoms with Gasteiger partial charge in [-0.2, -0.15) is 0 Å². The smallest absolute Gasteiger partial charge is 0.0641 e. The van der Waals surface area contributed by atoms with Crippen molar-refractivity contribution in [3.63, 3.8) is 0 Å². The Balaban J connectivity index is 2.24. The van der Waals surface area contributed by atoms with Crippen LogP contribution in [0.2, 0.25) is 10.0 Å². The fraction of sp³-hybridized carbons (Fsp3) is 0.538. The van der Waals surface area contributed by atoms with Crippen molar-refractivity contribution < 1.29 is 5.11 Å². The van der Waals surface area contributed by atoms with Gasteiger partial charge in [-0.3, -0.25) is 4.90 Å². The normalized spacial score (nSPS) is 19.2. The first-order chi connectivity index (χ1) is 8.24. The van der Waals surface area contributed by atoms with Crippen LogP contribution >= 0.6 is 23.2 Å². The summed E-state index contributed by atoms with van der Waals surface area (Å²) >= 11 is 12.2. The number of aliphatic hydroxyl groups excluding tert-OH is 1. The summed E-state index contributed by atoms with van der Waals surface area (Å²) in [6, 6.07) is 5.58. The van der Waals surface area contributed by atoms with E-state index >= 15 is 0 Å². The van der Waals surface area contributed by atoms with E-state index in [1.165, 1.54) is 19.3 Å². The van der Waals surface area contributed by atoms with Crippen molar-refractivity contribution in [1.29, 1.82) is 0 Å². The Morgan fingerprint density at radius 2 is 1.88 bits per heavy atom. The lowest BCUT2D eigenvalue weighted by Crippen LogP contribution is -2.35. The number of rotatable bonds is 3. The van der Waals surface area contributed by atoms with E-state index in [-0.39, 0.29) is 12.6 Å². The van der Waals surface area contributed by atoms with Gasteiger partial charge in [-0.15, -0.1) is 0 Å². The first-order valence-corrected chi connectivity index (χ1v) is 6.78. The van der Waals surface area contributed by atoms with Gasteiger partial charge in [0.15, 0.2) is 0 Å². The van der Waals surface area contributed by atoms with Gasteiger partial charge in [-0.05, 0) is 37.6 Å². The Kier molecular flexibility index (Phi) is 4.69. The summed E-state index contributed by atoms with van der Waals surface area (Å²) in [5.74, 6) is 0. The Labute approximate surface area is 112 Å². The van der Waals surface area contributed by atoms with E-state index < -0.39 is 0 Å². The Morgan fingerprint density at radius 3 is 2.53 bits per heavy atom. The van der Waals surface area contributed by atoms with Crippen molar-refractivity contribution in [3.8, 4) is 0 Å². The topological polar surface area (TPSA) is 23.5 Å². The van der Waals surface area contributed by atoms with Gasteiger partial charge in [0.05, 0.1) is 22.7 Å². The maximum Gasteiger partial charge on any atom is 0.0641 e. The second-order valence-corrected chi connectivity index (χ2v) is 5.22. The fourth-order valence-electron chi connectivity index (χ4n) is 2.42. The van der Waals surface area contributed by atoms with E-state index in [1.807, 2.05) is 12.1 Å². The minimum atomic E-state index is -0.0264. The zero-order chi connectivity index (χ0) is 12.3. The van der Waals surface area contributed by atoms with E-state index in [9.17, 15) is 5.11 Å². The number of likely N-dealkylation sites (tertiary alicyclic amines) is 1. The number of benzene rings is 1. The lowest BCUT2D eigenvalue weighted by atomic mass is 10.0. The van der Waals surface area contributed by atoms with Crippen molar-refractivity contribution in [2.45, 2.75) is 25.3 Å². The van der Waals surface area contributed by atoms with E-state index in [4.69, 9.17) is 23.2 Å². The monoisotopic (exact) mass is 273 g/mol. The molecule has 0 aliphatic carbocycles. The van der Waals surface area contributed by atoms with Gasteiger partial charge in [0.1, 0.15) is 0 Å². The molecule has 1 aromatic rings. The number of aliphatic hydroxyl groups is 1. The molecule has 0 saturated carbocycles. The average Bonchev–Trinajstić information content (AvgIpc) is 2.37. The molecule has 1 aromatic carbocycles. The van der Waals surface area contributed by atoms with Crippen LogP contribution in [-0.4, -0.2) is 29.7 Å². The number of halogens is 2. The van der Waals surface area contributed by atoms with Crippen LogP contribution in [0.5, 0.6) is 0 Å². The SMILES string of the molecule is OCC(c1cccc(Cl)c1Cl)N1CCCCC1. The molecular weight excluding hydrogens is 257 g/mol. The van der Waals surface area contributed by atoms with Crippen LogP contribution in [0.1, 0.15) is 30.9 Å². The molecule has 0 spiro atoms. The van der Waals surface area contributed by atoms with E-state index in [2.05, 4.69) is 4.90 Å². The quantitative estimate of drug-likeness (QED) is 0.911. The van der Waals surface area contributed by atoms with Crippen LogP contribution in [0.25, 0.3) is 0 Å². The third kappa shape index (κ3) is 2.94. The van der Waals surface area contributed by atoms with Gasteiger partial charge in [0, 0.05) is 0 Å². The van der Waals surface area contributed by atoms with Gasteiger partial charge < -0.3 is 5.11 Å².